The average molecular weight is 428 g/mol. The highest BCUT2D eigenvalue weighted by Gasteiger charge is 2.09. The van der Waals surface area contributed by atoms with E-state index in [0.717, 1.165) is 23.1 Å². The molecule has 2 aromatic carbocycles. The molecule has 0 aliphatic rings. The van der Waals surface area contributed by atoms with Gasteiger partial charge in [0.2, 0.25) is 0 Å². The van der Waals surface area contributed by atoms with Crippen LogP contribution in [-0.2, 0) is 22.9 Å². The molecular weight excluding hydrogens is 398 g/mol. The van der Waals surface area contributed by atoms with E-state index < -0.39 is 9.84 Å². The third-order valence-electron chi connectivity index (χ3n) is 4.89. The number of para-hydroxylation sites is 2. The first-order chi connectivity index (χ1) is 14.3. The molecule has 1 unspecified atom stereocenters. The summed E-state index contributed by atoms with van der Waals surface area (Å²) < 4.78 is 24.8. The van der Waals surface area contributed by atoms with E-state index in [1.165, 1.54) is 11.8 Å². The average Bonchev–Trinajstić information content (AvgIpc) is 3.13. The van der Waals surface area contributed by atoms with Gasteiger partial charge in [-0.1, -0.05) is 36.4 Å². The number of hydrogen-bond acceptors (Lipinski definition) is 4. The molecule has 7 nitrogen and oxygen atoms in total. The van der Waals surface area contributed by atoms with Gasteiger partial charge in [0.1, 0.15) is 9.84 Å². The lowest BCUT2D eigenvalue weighted by Gasteiger charge is -2.17. The van der Waals surface area contributed by atoms with Crippen molar-refractivity contribution in [2.45, 2.75) is 32.5 Å². The van der Waals surface area contributed by atoms with Crippen molar-refractivity contribution in [1.82, 2.24) is 20.2 Å². The first-order valence-electron chi connectivity index (χ1n) is 9.96. The Balaban J connectivity index is 1.52. The first kappa shape index (κ1) is 21.8. The minimum atomic E-state index is -2.96. The smallest absolute Gasteiger partial charge is 0.191 e. The lowest BCUT2D eigenvalue weighted by atomic mass is 10.1. The monoisotopic (exact) mass is 427 g/mol. The Kier molecular flexibility index (Phi) is 7.10. The normalized spacial score (nSPS) is 13.4. The number of hydrogen-bond donors (Lipinski definition) is 2. The van der Waals surface area contributed by atoms with Crippen LogP contribution in [0.5, 0.6) is 0 Å². The Labute approximate surface area is 178 Å². The van der Waals surface area contributed by atoms with E-state index in [0.29, 0.717) is 18.9 Å². The van der Waals surface area contributed by atoms with Gasteiger partial charge in [-0.05, 0) is 36.6 Å². The quantitative estimate of drug-likeness (QED) is 0.426. The van der Waals surface area contributed by atoms with Crippen molar-refractivity contribution in [1.29, 1.82) is 0 Å². The molecule has 0 aliphatic carbocycles. The summed E-state index contributed by atoms with van der Waals surface area (Å²) >= 11 is 0. The van der Waals surface area contributed by atoms with Gasteiger partial charge < -0.3 is 15.2 Å². The van der Waals surface area contributed by atoms with Gasteiger partial charge in [-0.2, -0.15) is 0 Å². The predicted octanol–water partition coefficient (Wildman–Crippen LogP) is 2.57. The van der Waals surface area contributed by atoms with Crippen LogP contribution >= 0.6 is 0 Å². The molecule has 30 heavy (non-hydrogen) atoms. The van der Waals surface area contributed by atoms with Gasteiger partial charge in [-0.15, -0.1) is 0 Å². The van der Waals surface area contributed by atoms with Gasteiger partial charge in [0.15, 0.2) is 5.96 Å². The molecule has 8 heteroatoms. The van der Waals surface area contributed by atoms with E-state index in [-0.39, 0.29) is 11.8 Å². The second-order valence-corrected chi connectivity index (χ2v) is 9.83. The molecule has 1 heterocycles. The number of imidazole rings is 1. The summed E-state index contributed by atoms with van der Waals surface area (Å²) in [6, 6.07) is 16.6. The molecule has 3 aromatic rings. The summed E-state index contributed by atoms with van der Waals surface area (Å²) in [7, 11) is -1.25. The maximum Gasteiger partial charge on any atom is 0.191 e. The molecule has 0 amide bonds. The highest BCUT2D eigenvalue weighted by Crippen LogP contribution is 2.14. The number of rotatable bonds is 8. The van der Waals surface area contributed by atoms with Crippen LogP contribution in [0.4, 0.5) is 0 Å². The summed E-state index contributed by atoms with van der Waals surface area (Å²) in [5, 5.41) is 6.51. The number of fused-ring (bicyclic) bond motifs is 1. The molecule has 160 valence electrons. The van der Waals surface area contributed by atoms with Crippen molar-refractivity contribution < 1.29 is 8.42 Å². The molecule has 0 spiro atoms. The number of aliphatic imine (C=N–C) groups is 1. The van der Waals surface area contributed by atoms with Crippen molar-refractivity contribution >= 4 is 26.8 Å². The lowest BCUT2D eigenvalue weighted by molar-refractivity contribution is 0.581. The summed E-state index contributed by atoms with van der Waals surface area (Å²) in [5.41, 5.74) is 4.48. The molecule has 1 atom stereocenters. The van der Waals surface area contributed by atoms with Crippen molar-refractivity contribution in [3.05, 3.63) is 66.0 Å². The van der Waals surface area contributed by atoms with E-state index in [9.17, 15) is 8.42 Å². The molecule has 0 radical (unpaired) electrons. The zero-order chi connectivity index (χ0) is 21.6. The Morgan fingerprint density at radius 2 is 1.83 bits per heavy atom. The second-order valence-electron chi connectivity index (χ2n) is 7.57. The Morgan fingerprint density at radius 3 is 2.53 bits per heavy atom. The van der Waals surface area contributed by atoms with Crippen molar-refractivity contribution in [2.75, 3.05) is 19.1 Å². The molecule has 2 N–H and O–H groups in total. The van der Waals surface area contributed by atoms with Gasteiger partial charge >= 0.3 is 0 Å². The van der Waals surface area contributed by atoms with Crippen LogP contribution < -0.4 is 10.6 Å². The van der Waals surface area contributed by atoms with Crippen LogP contribution in [0.15, 0.2) is 59.9 Å². The minimum absolute atomic E-state index is 0.0123. The van der Waals surface area contributed by atoms with E-state index >= 15 is 0 Å². The number of nitrogens with one attached hydrogen (secondary N) is 2. The van der Waals surface area contributed by atoms with Crippen LogP contribution in [0.3, 0.4) is 0 Å². The third kappa shape index (κ3) is 6.32. The van der Waals surface area contributed by atoms with Crippen molar-refractivity contribution in [3.63, 3.8) is 0 Å². The molecule has 3 rings (SSSR count). The summed E-state index contributed by atoms with van der Waals surface area (Å²) in [4.78, 5) is 8.66. The number of sulfone groups is 1. The zero-order valence-electron chi connectivity index (χ0n) is 17.7. The first-order valence-corrected chi connectivity index (χ1v) is 12.0. The zero-order valence-corrected chi connectivity index (χ0v) is 18.5. The highest BCUT2D eigenvalue weighted by molar-refractivity contribution is 7.90. The fourth-order valence-corrected chi connectivity index (χ4v) is 3.95. The van der Waals surface area contributed by atoms with Crippen LogP contribution in [0.1, 0.15) is 24.5 Å². The van der Waals surface area contributed by atoms with Gasteiger partial charge in [0, 0.05) is 32.4 Å². The molecule has 0 fully saturated rings. The fourth-order valence-electron chi connectivity index (χ4n) is 3.17. The molecule has 0 aliphatic heterocycles. The maximum absolute atomic E-state index is 11.3. The largest absolute Gasteiger partial charge is 0.354 e. The molecular formula is C22H29N5O2S. The second kappa shape index (κ2) is 9.75. The summed E-state index contributed by atoms with van der Waals surface area (Å²) in [6.45, 7) is 3.36. The van der Waals surface area contributed by atoms with E-state index in [2.05, 4.69) is 55.5 Å². The topological polar surface area (TPSA) is 88.4 Å². The molecule has 0 saturated heterocycles. The van der Waals surface area contributed by atoms with Crippen LogP contribution in [-0.4, -0.2) is 49.0 Å². The molecule has 1 aromatic heterocycles. The van der Waals surface area contributed by atoms with Crippen molar-refractivity contribution in [2.24, 2.45) is 4.99 Å². The number of nitrogens with zero attached hydrogens (tertiary/aromatic N) is 3. The van der Waals surface area contributed by atoms with Crippen LogP contribution in [0, 0.1) is 0 Å². The SMILES string of the molecule is CN=C(NCc1ccc(Cn2cnc3ccccc32)cc1)NC(C)CCS(C)(=O)=O. The van der Waals surface area contributed by atoms with Crippen LogP contribution in [0.2, 0.25) is 0 Å². The van der Waals surface area contributed by atoms with Crippen molar-refractivity contribution in [3.8, 4) is 0 Å². The molecule has 0 bridgehead atoms. The third-order valence-corrected chi connectivity index (χ3v) is 5.87. The predicted molar refractivity (Wildman–Crippen MR) is 122 cm³/mol. The Hall–Kier alpha value is -2.87. The van der Waals surface area contributed by atoms with E-state index in [1.54, 1.807) is 7.05 Å². The van der Waals surface area contributed by atoms with E-state index in [1.807, 2.05) is 31.5 Å². The summed E-state index contributed by atoms with van der Waals surface area (Å²) in [5.74, 6) is 0.816. The van der Waals surface area contributed by atoms with E-state index in [4.69, 9.17) is 0 Å². The minimum Gasteiger partial charge on any atom is -0.354 e. The standard InChI is InChI=1S/C22H29N5O2S/c1-17(12-13-30(3,28)29)26-22(23-2)24-14-18-8-10-19(11-9-18)15-27-16-25-20-6-4-5-7-21(20)27/h4-11,16-17H,12-15H2,1-3H3,(H2,23,24,26). The maximum atomic E-state index is 11.3. The van der Waals surface area contributed by atoms with Gasteiger partial charge in [-0.3, -0.25) is 4.99 Å². The highest BCUT2D eigenvalue weighted by atomic mass is 32.2. The number of benzene rings is 2. The number of guanidine groups is 1. The van der Waals surface area contributed by atoms with Gasteiger partial charge in [0.05, 0.1) is 23.1 Å². The Morgan fingerprint density at radius 1 is 1.13 bits per heavy atom. The van der Waals surface area contributed by atoms with Crippen LogP contribution in [0.25, 0.3) is 11.0 Å². The summed E-state index contributed by atoms with van der Waals surface area (Å²) in [6.07, 6.45) is 3.67. The fraction of sp³-hybridized carbons (Fsp3) is 0.364. The lowest BCUT2D eigenvalue weighted by Crippen LogP contribution is -2.42. The van der Waals surface area contributed by atoms with Gasteiger partial charge in [0.25, 0.3) is 0 Å². The molecule has 0 saturated carbocycles. The Bertz CT molecular complexity index is 1100. The number of aromatic nitrogens is 2. The van der Waals surface area contributed by atoms with Gasteiger partial charge in [-0.25, -0.2) is 13.4 Å².